The molecule has 4 rings (SSSR count). The molecule has 0 aliphatic heterocycles. The number of methoxy groups -OCH3 is 1. The van der Waals surface area contributed by atoms with E-state index in [4.69, 9.17) is 9.15 Å². The first-order chi connectivity index (χ1) is 14.9. The second kappa shape index (κ2) is 8.56. The van der Waals surface area contributed by atoms with Gasteiger partial charge in [0.05, 0.1) is 19.3 Å². The van der Waals surface area contributed by atoms with Gasteiger partial charge >= 0.3 is 0 Å². The lowest BCUT2D eigenvalue weighted by Crippen LogP contribution is -2.30. The van der Waals surface area contributed by atoms with Gasteiger partial charge in [0, 0.05) is 5.56 Å². The zero-order valence-electron chi connectivity index (χ0n) is 17.4. The number of rotatable bonds is 7. The molecule has 0 aliphatic rings. The van der Waals surface area contributed by atoms with E-state index in [0.29, 0.717) is 28.8 Å². The maximum Gasteiger partial charge on any atom is 0.274 e. The van der Waals surface area contributed by atoms with Crippen molar-refractivity contribution in [2.45, 2.75) is 24.6 Å². The highest BCUT2D eigenvalue weighted by atomic mass is 32.2. The van der Waals surface area contributed by atoms with Gasteiger partial charge in [-0.15, -0.1) is 11.3 Å². The lowest BCUT2D eigenvalue weighted by Gasteiger charge is -2.23. The summed E-state index contributed by atoms with van der Waals surface area (Å²) in [5.41, 5.74) is 3.03. The first kappa shape index (κ1) is 21.1. The summed E-state index contributed by atoms with van der Waals surface area (Å²) in [5, 5.41) is 1.75. The molecule has 0 saturated carbocycles. The highest BCUT2D eigenvalue weighted by Crippen LogP contribution is 2.31. The molecule has 0 saturated heterocycles. The summed E-state index contributed by atoms with van der Waals surface area (Å²) < 4.78 is 39.6. The Balaban J connectivity index is 1.74. The monoisotopic (exact) mass is 454 g/mol. The molecule has 6 nitrogen and oxygen atoms in total. The second-order valence-electron chi connectivity index (χ2n) is 7.03. The molecule has 0 bridgehead atoms. The third-order valence-corrected chi connectivity index (χ3v) is 8.00. The number of oxazole rings is 1. The Labute approximate surface area is 185 Å². The Morgan fingerprint density at radius 2 is 1.84 bits per heavy atom. The van der Waals surface area contributed by atoms with Crippen LogP contribution in [0.5, 0.6) is 5.75 Å². The molecular weight excluding hydrogens is 432 g/mol. The Hall–Kier alpha value is -3.10. The number of hydrogen-bond acceptors (Lipinski definition) is 6. The summed E-state index contributed by atoms with van der Waals surface area (Å²) in [7, 11) is -2.21. The van der Waals surface area contributed by atoms with Gasteiger partial charge in [-0.1, -0.05) is 23.8 Å². The van der Waals surface area contributed by atoms with Crippen LogP contribution in [0.3, 0.4) is 0 Å². The lowest BCUT2D eigenvalue weighted by molar-refractivity contribution is 0.415. The molecule has 0 aliphatic carbocycles. The average Bonchev–Trinajstić information content (AvgIpc) is 3.43. The number of ether oxygens (including phenoxy) is 1. The number of aryl methyl sites for hydroxylation is 2. The standard InChI is InChI=1S/C23H22N2O4S2/c1-16-6-4-7-18(14-16)23-24-21(17(2)29-23)15-25(19-9-11-20(28-3)12-10-19)31(26,27)22-8-5-13-30-22/h4-14H,15H2,1-3H3. The molecular formula is C23H22N2O4S2. The summed E-state index contributed by atoms with van der Waals surface area (Å²) >= 11 is 1.18. The van der Waals surface area contributed by atoms with Crippen LogP contribution in [0.2, 0.25) is 0 Å². The van der Waals surface area contributed by atoms with Gasteiger partial charge in [0.25, 0.3) is 10.0 Å². The smallest absolute Gasteiger partial charge is 0.274 e. The molecule has 0 unspecified atom stereocenters. The number of nitrogens with zero attached hydrogens (tertiary/aromatic N) is 2. The van der Waals surface area contributed by atoms with E-state index >= 15 is 0 Å². The lowest BCUT2D eigenvalue weighted by atomic mass is 10.1. The van der Waals surface area contributed by atoms with E-state index in [1.165, 1.54) is 15.6 Å². The van der Waals surface area contributed by atoms with E-state index in [1.807, 2.05) is 31.2 Å². The van der Waals surface area contributed by atoms with Crippen molar-refractivity contribution in [3.05, 3.63) is 83.1 Å². The Morgan fingerprint density at radius 1 is 1.06 bits per heavy atom. The Bertz CT molecular complexity index is 1280. The SMILES string of the molecule is COc1ccc(N(Cc2nc(-c3cccc(C)c3)oc2C)S(=O)(=O)c2cccs2)cc1. The number of aromatic nitrogens is 1. The molecule has 0 fully saturated rings. The molecule has 2 aromatic heterocycles. The molecule has 31 heavy (non-hydrogen) atoms. The fraction of sp³-hybridized carbons (Fsp3) is 0.174. The van der Waals surface area contributed by atoms with Crippen molar-refractivity contribution >= 4 is 27.0 Å². The summed E-state index contributed by atoms with van der Waals surface area (Å²) in [6.45, 7) is 3.85. The van der Waals surface area contributed by atoms with Crippen LogP contribution in [-0.2, 0) is 16.6 Å². The van der Waals surface area contributed by atoms with E-state index in [2.05, 4.69) is 4.98 Å². The third kappa shape index (κ3) is 4.35. The number of sulfonamides is 1. The normalized spacial score (nSPS) is 11.5. The maximum absolute atomic E-state index is 13.4. The van der Waals surface area contributed by atoms with E-state index in [9.17, 15) is 8.42 Å². The largest absolute Gasteiger partial charge is 0.497 e. The van der Waals surface area contributed by atoms with Crippen LogP contribution in [0.25, 0.3) is 11.5 Å². The molecule has 8 heteroatoms. The first-order valence-electron chi connectivity index (χ1n) is 9.62. The van der Waals surface area contributed by atoms with Crippen molar-refractivity contribution in [3.8, 4) is 17.2 Å². The average molecular weight is 455 g/mol. The maximum atomic E-state index is 13.4. The molecule has 2 heterocycles. The van der Waals surface area contributed by atoms with E-state index < -0.39 is 10.0 Å². The predicted molar refractivity (Wildman–Crippen MR) is 122 cm³/mol. The quantitative estimate of drug-likeness (QED) is 0.373. The summed E-state index contributed by atoms with van der Waals surface area (Å²) in [5.74, 6) is 1.70. The predicted octanol–water partition coefficient (Wildman–Crippen LogP) is 5.42. The van der Waals surface area contributed by atoms with E-state index in [1.54, 1.807) is 55.8 Å². The van der Waals surface area contributed by atoms with Gasteiger partial charge in [-0.25, -0.2) is 13.4 Å². The fourth-order valence-electron chi connectivity index (χ4n) is 3.19. The summed E-state index contributed by atoms with van der Waals surface area (Å²) in [4.78, 5) is 4.62. The zero-order chi connectivity index (χ0) is 22.0. The van der Waals surface area contributed by atoms with Crippen LogP contribution in [0.15, 0.2) is 74.7 Å². The first-order valence-corrected chi connectivity index (χ1v) is 11.9. The van der Waals surface area contributed by atoms with Gasteiger partial charge in [0.1, 0.15) is 21.4 Å². The highest BCUT2D eigenvalue weighted by Gasteiger charge is 2.28. The fourth-order valence-corrected chi connectivity index (χ4v) is 5.73. The van der Waals surface area contributed by atoms with Crippen LogP contribution in [0.1, 0.15) is 17.0 Å². The minimum absolute atomic E-state index is 0.0493. The van der Waals surface area contributed by atoms with Crippen molar-refractivity contribution < 1.29 is 17.6 Å². The van der Waals surface area contributed by atoms with Gasteiger partial charge in [-0.3, -0.25) is 4.31 Å². The van der Waals surface area contributed by atoms with Crippen molar-refractivity contribution in [1.82, 2.24) is 4.98 Å². The molecule has 2 aromatic carbocycles. The van der Waals surface area contributed by atoms with Gasteiger partial charge in [0.15, 0.2) is 0 Å². The molecule has 0 atom stereocenters. The van der Waals surface area contributed by atoms with Gasteiger partial charge in [0.2, 0.25) is 5.89 Å². The molecule has 0 spiro atoms. The number of hydrogen-bond donors (Lipinski definition) is 0. The molecule has 0 N–H and O–H groups in total. The summed E-state index contributed by atoms with van der Waals surface area (Å²) in [6, 6.07) is 18.1. The minimum Gasteiger partial charge on any atom is -0.497 e. The van der Waals surface area contributed by atoms with Crippen molar-refractivity contribution in [1.29, 1.82) is 0 Å². The van der Waals surface area contributed by atoms with Gasteiger partial charge < -0.3 is 9.15 Å². The highest BCUT2D eigenvalue weighted by molar-refractivity contribution is 7.94. The van der Waals surface area contributed by atoms with Gasteiger partial charge in [-0.05, 0) is 61.7 Å². The topological polar surface area (TPSA) is 72.6 Å². The number of benzene rings is 2. The van der Waals surface area contributed by atoms with E-state index in [0.717, 1.165) is 11.1 Å². The Morgan fingerprint density at radius 3 is 2.48 bits per heavy atom. The Kier molecular flexibility index (Phi) is 5.84. The molecule has 0 radical (unpaired) electrons. The number of anilines is 1. The molecule has 4 aromatic rings. The number of thiophene rings is 1. The van der Waals surface area contributed by atoms with Crippen molar-refractivity contribution in [3.63, 3.8) is 0 Å². The van der Waals surface area contributed by atoms with Crippen molar-refractivity contribution in [2.24, 2.45) is 0 Å². The van der Waals surface area contributed by atoms with Crippen LogP contribution in [0.4, 0.5) is 5.69 Å². The van der Waals surface area contributed by atoms with Crippen molar-refractivity contribution in [2.75, 3.05) is 11.4 Å². The van der Waals surface area contributed by atoms with Crippen LogP contribution >= 0.6 is 11.3 Å². The zero-order valence-corrected chi connectivity index (χ0v) is 19.0. The van der Waals surface area contributed by atoms with Gasteiger partial charge in [-0.2, -0.15) is 0 Å². The third-order valence-electron chi connectivity index (χ3n) is 4.85. The summed E-state index contributed by atoms with van der Waals surface area (Å²) in [6.07, 6.45) is 0. The molecule has 160 valence electrons. The van der Waals surface area contributed by atoms with Crippen LogP contribution in [-0.4, -0.2) is 20.5 Å². The minimum atomic E-state index is -3.78. The van der Waals surface area contributed by atoms with E-state index in [-0.39, 0.29) is 10.8 Å². The second-order valence-corrected chi connectivity index (χ2v) is 10.1. The molecule has 0 amide bonds. The van der Waals surface area contributed by atoms with Crippen LogP contribution < -0.4 is 9.04 Å². The van der Waals surface area contributed by atoms with Crippen LogP contribution in [0, 0.1) is 13.8 Å².